The molecule has 5 nitrogen and oxygen atoms in total. The lowest BCUT2D eigenvalue weighted by Crippen LogP contribution is -2.51. The van der Waals surface area contributed by atoms with E-state index in [2.05, 4.69) is 38.3 Å². The molecule has 0 aromatic heterocycles. The minimum absolute atomic E-state index is 0.0588. The van der Waals surface area contributed by atoms with E-state index in [-0.39, 0.29) is 17.5 Å². The number of carbonyl (C=O) groups is 3. The van der Waals surface area contributed by atoms with Gasteiger partial charge >= 0.3 is 0 Å². The van der Waals surface area contributed by atoms with E-state index in [0.29, 0.717) is 11.3 Å². The molecule has 1 spiro atoms. The molecule has 3 heterocycles. The first-order valence-electron chi connectivity index (χ1n) is 13.3. The average Bonchev–Trinajstić information content (AvgIpc) is 3.35. The SMILES string of the molecule is CC1=C[C@H]2N(c3ccc(C)cc31)[C@H](C(=O)C(C)(C)C)[C@@H](C(=O)c1ccc(Br)cc1)[C@]21C(=O)Nc2ccccc21. The Labute approximate surface area is 237 Å². The number of anilines is 2. The molecule has 3 aromatic rings. The van der Waals surface area contributed by atoms with Crippen molar-refractivity contribution in [3.05, 3.63) is 99.5 Å². The lowest BCUT2D eigenvalue weighted by atomic mass is 9.63. The molecule has 0 saturated carbocycles. The number of nitrogens with one attached hydrogen (secondary N) is 1. The summed E-state index contributed by atoms with van der Waals surface area (Å²) in [6, 6.07) is 19.6. The highest BCUT2D eigenvalue weighted by Gasteiger charge is 2.71. The second-order valence-corrected chi connectivity index (χ2v) is 12.9. The largest absolute Gasteiger partial charge is 0.352 e. The number of aryl methyl sites for hydroxylation is 1. The second-order valence-electron chi connectivity index (χ2n) is 12.0. The third-order valence-corrected chi connectivity index (χ3v) is 9.08. The maximum atomic E-state index is 14.7. The lowest BCUT2D eigenvalue weighted by molar-refractivity contribution is -0.128. The summed E-state index contributed by atoms with van der Waals surface area (Å²) >= 11 is 3.46. The van der Waals surface area contributed by atoms with Crippen molar-refractivity contribution >= 4 is 50.4 Å². The monoisotopic (exact) mass is 582 g/mol. The smallest absolute Gasteiger partial charge is 0.238 e. The molecular weight excluding hydrogens is 552 g/mol. The van der Waals surface area contributed by atoms with E-state index in [1.165, 1.54) is 0 Å². The van der Waals surface area contributed by atoms with Gasteiger partial charge in [-0.2, -0.15) is 0 Å². The van der Waals surface area contributed by atoms with Crippen molar-refractivity contribution in [2.24, 2.45) is 11.3 Å². The fourth-order valence-corrected chi connectivity index (χ4v) is 7.05. The van der Waals surface area contributed by atoms with Gasteiger partial charge in [-0.05, 0) is 55.3 Å². The number of allylic oxidation sites excluding steroid dienone is 1. The molecule has 1 saturated heterocycles. The molecule has 6 rings (SSSR count). The van der Waals surface area contributed by atoms with Crippen molar-refractivity contribution in [3.8, 4) is 0 Å². The van der Waals surface area contributed by atoms with E-state index in [0.717, 1.165) is 32.4 Å². The fraction of sp³-hybridized carbons (Fsp3) is 0.303. The van der Waals surface area contributed by atoms with Gasteiger partial charge in [0.05, 0.1) is 12.0 Å². The quantitative estimate of drug-likeness (QED) is 0.347. The summed E-state index contributed by atoms with van der Waals surface area (Å²) in [5.74, 6) is -1.43. The highest BCUT2D eigenvalue weighted by Crippen LogP contribution is 2.59. The predicted octanol–water partition coefficient (Wildman–Crippen LogP) is 6.74. The molecule has 3 aliphatic heterocycles. The Morgan fingerprint density at radius 2 is 1.67 bits per heavy atom. The standard InChI is InChI=1S/C33H31BrN2O3/c1-18-10-15-25-22(16-18)19(2)17-26-33(23-8-6-7-9-24(23)35-31(33)39)27(28(36(25)26)30(38)32(3,4)5)29(37)20-11-13-21(34)14-12-20/h6-17,26-28H,1-5H3,(H,35,39)/t26-,27+,28+,33-/m1/s1. The van der Waals surface area contributed by atoms with E-state index < -0.39 is 28.8 Å². The number of halogens is 1. The van der Waals surface area contributed by atoms with Crippen LogP contribution < -0.4 is 10.2 Å². The summed E-state index contributed by atoms with van der Waals surface area (Å²) in [5.41, 5.74) is 3.97. The Morgan fingerprint density at radius 3 is 2.36 bits per heavy atom. The zero-order chi connectivity index (χ0) is 27.9. The Hall–Kier alpha value is -3.51. The summed E-state index contributed by atoms with van der Waals surface area (Å²) in [6.07, 6.45) is 2.10. The maximum absolute atomic E-state index is 14.7. The minimum Gasteiger partial charge on any atom is -0.352 e. The number of hydrogen-bond acceptors (Lipinski definition) is 4. The summed E-state index contributed by atoms with van der Waals surface area (Å²) in [5, 5.41) is 3.09. The van der Waals surface area contributed by atoms with Crippen LogP contribution in [0.25, 0.3) is 5.57 Å². The molecule has 6 heteroatoms. The van der Waals surface area contributed by atoms with Crippen molar-refractivity contribution in [2.75, 3.05) is 10.2 Å². The van der Waals surface area contributed by atoms with E-state index in [4.69, 9.17) is 0 Å². The summed E-state index contributed by atoms with van der Waals surface area (Å²) in [6.45, 7) is 9.76. The number of amides is 1. The van der Waals surface area contributed by atoms with E-state index in [1.54, 1.807) is 12.1 Å². The molecule has 1 amide bonds. The van der Waals surface area contributed by atoms with E-state index >= 15 is 0 Å². The number of para-hydroxylation sites is 1. The Kier molecular flexibility index (Phi) is 5.78. The fourth-order valence-electron chi connectivity index (χ4n) is 6.78. The third-order valence-electron chi connectivity index (χ3n) is 8.55. The summed E-state index contributed by atoms with van der Waals surface area (Å²) in [7, 11) is 0. The van der Waals surface area contributed by atoms with Crippen LogP contribution in [0.15, 0.2) is 77.3 Å². The molecule has 39 heavy (non-hydrogen) atoms. The molecule has 4 atom stereocenters. The number of benzene rings is 3. The first-order chi connectivity index (χ1) is 18.5. The molecule has 3 aliphatic rings. The minimum atomic E-state index is -1.28. The van der Waals surface area contributed by atoms with Crippen LogP contribution in [0.5, 0.6) is 0 Å². The molecule has 0 radical (unpaired) electrons. The average molecular weight is 584 g/mol. The van der Waals surface area contributed by atoms with Gasteiger partial charge in [0, 0.05) is 32.4 Å². The van der Waals surface area contributed by atoms with Crippen molar-refractivity contribution in [2.45, 2.75) is 52.1 Å². The Balaban J connectivity index is 1.70. The van der Waals surface area contributed by atoms with Crippen LogP contribution in [-0.4, -0.2) is 29.6 Å². The Morgan fingerprint density at radius 1 is 0.974 bits per heavy atom. The van der Waals surface area contributed by atoms with Gasteiger partial charge in [-0.15, -0.1) is 0 Å². The van der Waals surface area contributed by atoms with Gasteiger partial charge in [-0.3, -0.25) is 14.4 Å². The maximum Gasteiger partial charge on any atom is 0.238 e. The van der Waals surface area contributed by atoms with Crippen LogP contribution in [-0.2, 0) is 15.0 Å². The molecule has 1 N–H and O–H groups in total. The van der Waals surface area contributed by atoms with Gasteiger partial charge < -0.3 is 10.2 Å². The molecule has 0 bridgehead atoms. The highest BCUT2D eigenvalue weighted by atomic mass is 79.9. The van der Waals surface area contributed by atoms with Crippen LogP contribution >= 0.6 is 15.9 Å². The van der Waals surface area contributed by atoms with Crippen molar-refractivity contribution in [1.82, 2.24) is 0 Å². The molecule has 198 valence electrons. The van der Waals surface area contributed by atoms with Crippen LogP contribution in [0.3, 0.4) is 0 Å². The van der Waals surface area contributed by atoms with Crippen molar-refractivity contribution in [1.29, 1.82) is 0 Å². The van der Waals surface area contributed by atoms with Crippen molar-refractivity contribution in [3.63, 3.8) is 0 Å². The highest BCUT2D eigenvalue weighted by molar-refractivity contribution is 9.10. The molecule has 3 aromatic carbocycles. The summed E-state index contributed by atoms with van der Waals surface area (Å²) in [4.78, 5) is 45.6. The number of rotatable bonds is 3. The zero-order valence-corrected chi connectivity index (χ0v) is 24.3. The first-order valence-corrected chi connectivity index (χ1v) is 14.1. The van der Waals surface area contributed by atoms with Gasteiger partial charge in [0.1, 0.15) is 11.5 Å². The number of fused-ring (bicyclic) bond motifs is 6. The molecule has 0 unspecified atom stereocenters. The normalized spacial score (nSPS) is 25.1. The number of Topliss-reactive ketones (excluding diaryl/α,β-unsaturated/α-hetero) is 2. The topological polar surface area (TPSA) is 66.5 Å². The zero-order valence-electron chi connectivity index (χ0n) is 22.7. The number of hydrogen-bond donors (Lipinski definition) is 1. The van der Waals surface area contributed by atoms with Gasteiger partial charge in [0.25, 0.3) is 0 Å². The van der Waals surface area contributed by atoms with Gasteiger partial charge in [-0.25, -0.2) is 0 Å². The second kappa shape index (κ2) is 8.75. The third kappa shape index (κ3) is 3.61. The summed E-state index contributed by atoms with van der Waals surface area (Å²) < 4.78 is 0.853. The van der Waals surface area contributed by atoms with E-state index in [1.807, 2.05) is 83.1 Å². The van der Waals surface area contributed by atoms with Gasteiger partial charge in [0.2, 0.25) is 5.91 Å². The molecule has 0 aliphatic carbocycles. The number of nitrogens with zero attached hydrogens (tertiary/aromatic N) is 1. The van der Waals surface area contributed by atoms with Crippen LogP contribution in [0.4, 0.5) is 11.4 Å². The van der Waals surface area contributed by atoms with Gasteiger partial charge in [0.15, 0.2) is 11.6 Å². The Bertz CT molecular complexity index is 1580. The van der Waals surface area contributed by atoms with Gasteiger partial charge in [-0.1, -0.05) is 84.7 Å². The van der Waals surface area contributed by atoms with Crippen LogP contribution in [0.2, 0.25) is 0 Å². The lowest BCUT2D eigenvalue weighted by Gasteiger charge is -2.40. The molecular formula is C33H31BrN2O3. The molecule has 1 fully saturated rings. The van der Waals surface area contributed by atoms with Crippen LogP contribution in [0, 0.1) is 18.3 Å². The van der Waals surface area contributed by atoms with Crippen molar-refractivity contribution < 1.29 is 14.4 Å². The van der Waals surface area contributed by atoms with E-state index in [9.17, 15) is 14.4 Å². The number of ketones is 2. The predicted molar refractivity (Wildman–Crippen MR) is 158 cm³/mol. The number of carbonyl (C=O) groups excluding carboxylic acids is 3. The first kappa shape index (κ1) is 25.8. The van der Waals surface area contributed by atoms with Crippen LogP contribution in [0.1, 0.15) is 54.7 Å².